The first-order chi connectivity index (χ1) is 8.74. The third-order valence-corrected chi connectivity index (χ3v) is 3.24. The number of aliphatic hydroxyl groups excluding tert-OH is 1. The van der Waals surface area contributed by atoms with E-state index in [1.807, 2.05) is 12.1 Å². The molecule has 4 heteroatoms. The second-order valence-electron chi connectivity index (χ2n) is 4.90. The number of hydrogen-bond acceptors (Lipinski definition) is 4. The predicted molar refractivity (Wildman–Crippen MR) is 72.6 cm³/mol. The van der Waals surface area contributed by atoms with Crippen LogP contribution in [0.3, 0.4) is 0 Å². The topological polar surface area (TPSA) is 58.7 Å². The molecule has 3 N–H and O–H groups in total. The molecule has 100 valence electrons. The molecule has 0 amide bonds. The van der Waals surface area contributed by atoms with Crippen molar-refractivity contribution in [2.24, 2.45) is 0 Å². The average Bonchev–Trinajstić information content (AvgIpc) is 2.39. The van der Waals surface area contributed by atoms with Crippen molar-refractivity contribution in [3.05, 3.63) is 24.3 Å². The van der Waals surface area contributed by atoms with Gasteiger partial charge in [0.25, 0.3) is 0 Å². The van der Waals surface area contributed by atoms with Crippen LogP contribution >= 0.6 is 0 Å². The highest BCUT2D eigenvalue weighted by atomic mass is 16.5. The highest BCUT2D eigenvalue weighted by molar-refractivity contribution is 5.41. The fraction of sp³-hybridized carbons (Fsp3) is 0.571. The Bertz CT molecular complexity index is 347. The van der Waals surface area contributed by atoms with Gasteiger partial charge < -0.3 is 20.5 Å². The number of ether oxygens (including phenoxy) is 1. The number of piperidine rings is 1. The van der Waals surface area contributed by atoms with Crippen molar-refractivity contribution in [2.75, 3.05) is 32.0 Å². The van der Waals surface area contributed by atoms with Crippen molar-refractivity contribution in [2.45, 2.75) is 25.4 Å². The van der Waals surface area contributed by atoms with Crippen molar-refractivity contribution < 1.29 is 9.84 Å². The van der Waals surface area contributed by atoms with E-state index in [9.17, 15) is 5.11 Å². The lowest BCUT2D eigenvalue weighted by Crippen LogP contribution is -2.38. The number of benzene rings is 1. The van der Waals surface area contributed by atoms with Crippen LogP contribution in [0.15, 0.2) is 24.3 Å². The van der Waals surface area contributed by atoms with Crippen LogP contribution < -0.4 is 10.5 Å². The standard InChI is InChI=1S/C14H22N2O2/c15-12-4-6-14(7-5-12)18-11-13(17)10-16-8-2-1-3-9-16/h4-7,13,17H,1-3,8-11,15H2. The number of nitrogens with zero attached hydrogens (tertiary/aromatic N) is 1. The van der Waals surface area contributed by atoms with Crippen LogP contribution in [0.4, 0.5) is 5.69 Å². The molecule has 18 heavy (non-hydrogen) atoms. The largest absolute Gasteiger partial charge is 0.491 e. The molecule has 0 aromatic heterocycles. The number of nitrogen functional groups attached to an aromatic ring is 1. The minimum atomic E-state index is -0.430. The molecule has 1 heterocycles. The Kier molecular flexibility index (Phi) is 4.84. The molecular formula is C14H22N2O2. The number of likely N-dealkylation sites (tertiary alicyclic amines) is 1. The fourth-order valence-electron chi connectivity index (χ4n) is 2.25. The summed E-state index contributed by atoms with van der Waals surface area (Å²) >= 11 is 0. The molecule has 2 rings (SSSR count). The normalized spacial score (nSPS) is 18.5. The molecule has 1 aromatic rings. The smallest absolute Gasteiger partial charge is 0.119 e. The summed E-state index contributed by atoms with van der Waals surface area (Å²) in [6.07, 6.45) is 3.37. The zero-order chi connectivity index (χ0) is 12.8. The summed E-state index contributed by atoms with van der Waals surface area (Å²) in [6.45, 7) is 3.23. The Labute approximate surface area is 108 Å². The summed E-state index contributed by atoms with van der Waals surface area (Å²) in [5, 5.41) is 9.93. The average molecular weight is 250 g/mol. The van der Waals surface area contributed by atoms with Crippen LogP contribution in [0.5, 0.6) is 5.75 Å². The number of nitrogens with two attached hydrogens (primary N) is 1. The maximum Gasteiger partial charge on any atom is 0.119 e. The van der Waals surface area contributed by atoms with E-state index in [1.54, 1.807) is 12.1 Å². The van der Waals surface area contributed by atoms with Gasteiger partial charge in [-0.05, 0) is 50.2 Å². The summed E-state index contributed by atoms with van der Waals surface area (Å²) in [5.41, 5.74) is 6.31. The minimum Gasteiger partial charge on any atom is -0.491 e. The summed E-state index contributed by atoms with van der Waals surface area (Å²) in [4.78, 5) is 2.31. The van der Waals surface area contributed by atoms with E-state index in [4.69, 9.17) is 10.5 Å². The lowest BCUT2D eigenvalue weighted by Gasteiger charge is -2.28. The van der Waals surface area contributed by atoms with Crippen LogP contribution in [0.25, 0.3) is 0 Å². The molecule has 1 aliphatic heterocycles. The molecular weight excluding hydrogens is 228 g/mol. The summed E-state index contributed by atoms with van der Waals surface area (Å²) in [5.74, 6) is 0.752. The van der Waals surface area contributed by atoms with Gasteiger partial charge in [-0.3, -0.25) is 0 Å². The number of hydrogen-bond donors (Lipinski definition) is 2. The Balaban J connectivity index is 1.70. The van der Waals surface area contributed by atoms with Gasteiger partial charge in [0.2, 0.25) is 0 Å². The SMILES string of the molecule is Nc1ccc(OCC(O)CN2CCCCC2)cc1. The molecule has 1 atom stereocenters. The van der Waals surface area contributed by atoms with E-state index in [0.29, 0.717) is 13.2 Å². The monoisotopic (exact) mass is 250 g/mol. The first-order valence-electron chi connectivity index (χ1n) is 6.63. The maximum absolute atomic E-state index is 9.93. The van der Waals surface area contributed by atoms with Crippen molar-refractivity contribution in [3.63, 3.8) is 0 Å². The molecule has 0 bridgehead atoms. The van der Waals surface area contributed by atoms with Gasteiger partial charge in [0, 0.05) is 12.2 Å². The number of rotatable bonds is 5. The van der Waals surface area contributed by atoms with E-state index in [-0.39, 0.29) is 0 Å². The molecule has 0 radical (unpaired) electrons. The predicted octanol–water partition coefficient (Wildman–Crippen LogP) is 1.49. The van der Waals surface area contributed by atoms with Gasteiger partial charge in [-0.1, -0.05) is 6.42 Å². The molecule has 0 aliphatic carbocycles. The van der Waals surface area contributed by atoms with Gasteiger partial charge >= 0.3 is 0 Å². The first kappa shape index (κ1) is 13.2. The third kappa shape index (κ3) is 4.20. The number of anilines is 1. The highest BCUT2D eigenvalue weighted by Gasteiger charge is 2.14. The van der Waals surface area contributed by atoms with E-state index in [0.717, 1.165) is 24.5 Å². The molecule has 4 nitrogen and oxygen atoms in total. The Morgan fingerprint density at radius 1 is 1.17 bits per heavy atom. The molecule has 1 aromatic carbocycles. The van der Waals surface area contributed by atoms with E-state index >= 15 is 0 Å². The maximum atomic E-state index is 9.93. The van der Waals surface area contributed by atoms with E-state index in [2.05, 4.69) is 4.90 Å². The Morgan fingerprint density at radius 2 is 1.83 bits per heavy atom. The molecule has 0 spiro atoms. The summed E-state index contributed by atoms with van der Waals surface area (Å²) in [7, 11) is 0. The van der Waals surface area contributed by atoms with Crippen molar-refractivity contribution >= 4 is 5.69 Å². The van der Waals surface area contributed by atoms with Gasteiger partial charge in [0.05, 0.1) is 0 Å². The lowest BCUT2D eigenvalue weighted by atomic mass is 10.1. The van der Waals surface area contributed by atoms with Crippen LogP contribution in [0, 0.1) is 0 Å². The van der Waals surface area contributed by atoms with Crippen molar-refractivity contribution in [1.29, 1.82) is 0 Å². The van der Waals surface area contributed by atoms with Gasteiger partial charge in [-0.25, -0.2) is 0 Å². The van der Waals surface area contributed by atoms with E-state index in [1.165, 1.54) is 19.3 Å². The Morgan fingerprint density at radius 3 is 2.50 bits per heavy atom. The molecule has 0 saturated carbocycles. The molecule has 1 unspecified atom stereocenters. The van der Waals surface area contributed by atoms with Crippen LogP contribution in [-0.4, -0.2) is 42.4 Å². The first-order valence-corrected chi connectivity index (χ1v) is 6.63. The van der Waals surface area contributed by atoms with Crippen molar-refractivity contribution in [3.8, 4) is 5.75 Å². The van der Waals surface area contributed by atoms with E-state index < -0.39 is 6.10 Å². The highest BCUT2D eigenvalue weighted by Crippen LogP contribution is 2.14. The molecule has 1 fully saturated rings. The van der Waals surface area contributed by atoms with Crippen molar-refractivity contribution in [1.82, 2.24) is 4.90 Å². The van der Waals surface area contributed by atoms with Crippen LogP contribution in [0.1, 0.15) is 19.3 Å². The van der Waals surface area contributed by atoms with Crippen LogP contribution in [-0.2, 0) is 0 Å². The molecule has 1 aliphatic rings. The number of aliphatic hydroxyl groups is 1. The zero-order valence-corrected chi connectivity index (χ0v) is 10.7. The van der Waals surface area contributed by atoms with Gasteiger partial charge in [0.1, 0.15) is 18.5 Å². The summed E-state index contributed by atoms with van der Waals surface area (Å²) < 4.78 is 5.53. The second-order valence-corrected chi connectivity index (χ2v) is 4.90. The third-order valence-electron chi connectivity index (χ3n) is 3.24. The Hall–Kier alpha value is -1.26. The minimum absolute atomic E-state index is 0.334. The number of β-amino-alcohol motifs (C(OH)–C–C–N with tert-alkyl or cyclic N) is 1. The van der Waals surface area contributed by atoms with Gasteiger partial charge in [-0.15, -0.1) is 0 Å². The van der Waals surface area contributed by atoms with Gasteiger partial charge in [-0.2, -0.15) is 0 Å². The van der Waals surface area contributed by atoms with Gasteiger partial charge in [0.15, 0.2) is 0 Å². The van der Waals surface area contributed by atoms with Crippen LogP contribution in [0.2, 0.25) is 0 Å². The summed E-state index contributed by atoms with van der Waals surface area (Å²) in [6, 6.07) is 7.24. The lowest BCUT2D eigenvalue weighted by molar-refractivity contribution is 0.0617. The quantitative estimate of drug-likeness (QED) is 0.777. The second kappa shape index (κ2) is 6.61. The fourth-order valence-corrected chi connectivity index (χ4v) is 2.25. The zero-order valence-electron chi connectivity index (χ0n) is 10.7. The molecule has 1 saturated heterocycles.